The molecule has 0 saturated carbocycles. The van der Waals surface area contributed by atoms with Crippen molar-refractivity contribution in [1.29, 1.82) is 0 Å². The molecule has 1 heteroatoms. The molecule has 0 atom stereocenters. The lowest BCUT2D eigenvalue weighted by atomic mass is 10.3. The highest BCUT2D eigenvalue weighted by Gasteiger charge is 1.82. The Balaban J connectivity index is 2.62. The maximum absolute atomic E-state index is 3.67. The van der Waals surface area contributed by atoms with Crippen LogP contribution in [-0.2, 0) is 0 Å². The van der Waals surface area contributed by atoms with E-state index >= 15 is 0 Å². The fourth-order valence-electron chi connectivity index (χ4n) is 0.579. The van der Waals surface area contributed by atoms with Crippen molar-refractivity contribution in [2.24, 2.45) is 0 Å². The van der Waals surface area contributed by atoms with Crippen molar-refractivity contribution in [3.05, 3.63) is 12.3 Å². The second-order valence-electron chi connectivity index (χ2n) is 1.87. The van der Waals surface area contributed by atoms with Gasteiger partial charge in [-0.3, -0.25) is 0 Å². The van der Waals surface area contributed by atoms with Crippen LogP contribution in [0.15, 0.2) is 12.3 Å². The maximum atomic E-state index is 3.67. The van der Waals surface area contributed by atoms with Crippen LogP contribution in [0.25, 0.3) is 0 Å². The summed E-state index contributed by atoms with van der Waals surface area (Å²) >= 11 is 0. The highest BCUT2D eigenvalue weighted by molar-refractivity contribution is 6.41. The molecule has 0 fully saturated rings. The largest absolute Gasteiger partial charge is 0.107 e. The van der Waals surface area contributed by atoms with E-state index in [4.69, 9.17) is 0 Å². The molecule has 0 aromatic carbocycles. The molecule has 0 rings (SSSR count). The minimum absolute atomic E-state index is 0.989. The van der Waals surface area contributed by atoms with Gasteiger partial charge in [0.1, 0.15) is 0 Å². The molecule has 0 N–H and O–H groups in total. The average Bonchev–Trinajstić information content (AvgIpc) is 1.81. The second-order valence-corrected chi connectivity index (χ2v) is 3.18. The van der Waals surface area contributed by atoms with Crippen molar-refractivity contribution in [1.82, 2.24) is 0 Å². The molecule has 0 bridgehead atoms. The first kappa shape index (κ1) is 7.96. The van der Waals surface area contributed by atoms with Crippen molar-refractivity contribution in [2.45, 2.75) is 32.2 Å². The molecule has 8 heavy (non-hydrogen) atoms. The molecule has 0 aliphatic rings. The summed E-state index contributed by atoms with van der Waals surface area (Å²) < 4.78 is 0. The van der Waals surface area contributed by atoms with E-state index in [2.05, 4.69) is 13.5 Å². The molecule has 0 spiro atoms. The van der Waals surface area contributed by atoms with E-state index < -0.39 is 0 Å². The number of hydrogen-bond acceptors (Lipinski definition) is 0. The molecule has 0 aliphatic carbocycles. The summed E-state index contributed by atoms with van der Waals surface area (Å²) in [7, 11) is 0.989. The molecular formula is C7H14Si. The van der Waals surface area contributed by atoms with Crippen LogP contribution in [0.4, 0.5) is 0 Å². The Morgan fingerprint density at radius 1 is 1.50 bits per heavy atom. The Morgan fingerprint density at radius 3 is 2.75 bits per heavy atom. The molecule has 0 aliphatic heterocycles. The molecule has 0 saturated heterocycles. The van der Waals surface area contributed by atoms with Crippen molar-refractivity contribution >= 4 is 9.52 Å². The minimum Gasteiger partial charge on any atom is -0.107 e. The SMILES string of the molecule is C=C[Si]CCCCC. The van der Waals surface area contributed by atoms with Gasteiger partial charge in [-0.2, -0.15) is 0 Å². The molecule has 0 unspecified atom stereocenters. The molecule has 0 nitrogen and oxygen atoms in total. The predicted molar refractivity (Wildman–Crippen MR) is 40.3 cm³/mol. The van der Waals surface area contributed by atoms with E-state index in [0.717, 1.165) is 9.52 Å². The van der Waals surface area contributed by atoms with Gasteiger partial charge in [-0.05, 0) is 0 Å². The number of rotatable bonds is 5. The third-order valence-corrected chi connectivity index (χ3v) is 2.00. The quantitative estimate of drug-likeness (QED) is 0.392. The summed E-state index contributed by atoms with van der Waals surface area (Å²) in [6.07, 6.45) is 4.11. The van der Waals surface area contributed by atoms with Gasteiger partial charge in [-0.25, -0.2) is 0 Å². The summed E-state index contributed by atoms with van der Waals surface area (Å²) in [5.41, 5.74) is 2.02. The Bertz CT molecular complexity index is 50.3. The van der Waals surface area contributed by atoms with Gasteiger partial charge < -0.3 is 0 Å². The topological polar surface area (TPSA) is 0 Å². The lowest BCUT2D eigenvalue weighted by Gasteiger charge is -1.90. The van der Waals surface area contributed by atoms with Crippen molar-refractivity contribution in [2.75, 3.05) is 0 Å². The van der Waals surface area contributed by atoms with Gasteiger partial charge >= 0.3 is 0 Å². The molecule has 0 aromatic rings. The lowest BCUT2D eigenvalue weighted by molar-refractivity contribution is 0.769. The Morgan fingerprint density at radius 2 is 2.25 bits per heavy atom. The van der Waals surface area contributed by atoms with Crippen LogP contribution in [0.5, 0.6) is 0 Å². The summed E-state index contributed by atoms with van der Waals surface area (Å²) in [5, 5.41) is 0. The van der Waals surface area contributed by atoms with Crippen LogP contribution < -0.4 is 0 Å². The maximum Gasteiger partial charge on any atom is 0.0695 e. The van der Waals surface area contributed by atoms with E-state index in [1.807, 2.05) is 5.70 Å². The van der Waals surface area contributed by atoms with Crippen molar-refractivity contribution in [3.8, 4) is 0 Å². The fourth-order valence-corrected chi connectivity index (χ4v) is 1.24. The summed E-state index contributed by atoms with van der Waals surface area (Å²) in [6.45, 7) is 5.90. The zero-order valence-corrected chi connectivity index (χ0v) is 6.61. The summed E-state index contributed by atoms with van der Waals surface area (Å²) in [4.78, 5) is 0. The highest BCUT2D eigenvalue weighted by atomic mass is 28.2. The standard InChI is InChI=1S/C7H14Si/c1-3-5-6-7-8-4-2/h4H,2-3,5-7H2,1H3. The fraction of sp³-hybridized carbons (Fsp3) is 0.714. The molecular weight excluding hydrogens is 112 g/mol. The first-order chi connectivity index (χ1) is 3.91. The number of unbranched alkanes of at least 4 members (excludes halogenated alkanes) is 2. The van der Waals surface area contributed by atoms with Gasteiger partial charge in [0.05, 0.1) is 9.52 Å². The Hall–Kier alpha value is -0.0431. The first-order valence-electron chi connectivity index (χ1n) is 3.26. The minimum atomic E-state index is 0.989. The van der Waals surface area contributed by atoms with Crippen LogP contribution >= 0.6 is 0 Å². The van der Waals surface area contributed by atoms with Crippen molar-refractivity contribution < 1.29 is 0 Å². The molecule has 0 amide bonds. The predicted octanol–water partition coefficient (Wildman–Crippen LogP) is 2.44. The van der Waals surface area contributed by atoms with E-state index in [0.29, 0.717) is 0 Å². The normalized spacial score (nSPS) is 9.12. The van der Waals surface area contributed by atoms with E-state index in [1.165, 1.54) is 25.3 Å². The van der Waals surface area contributed by atoms with Crippen LogP contribution in [-0.4, -0.2) is 9.52 Å². The summed E-state index contributed by atoms with van der Waals surface area (Å²) in [5.74, 6) is 0. The van der Waals surface area contributed by atoms with Crippen LogP contribution in [0.2, 0.25) is 6.04 Å². The summed E-state index contributed by atoms with van der Waals surface area (Å²) in [6, 6.07) is 1.36. The van der Waals surface area contributed by atoms with Crippen LogP contribution in [0.1, 0.15) is 26.2 Å². The monoisotopic (exact) mass is 126 g/mol. The average molecular weight is 126 g/mol. The van der Waals surface area contributed by atoms with E-state index in [1.54, 1.807) is 0 Å². The second kappa shape index (κ2) is 6.96. The smallest absolute Gasteiger partial charge is 0.0695 e. The zero-order valence-electron chi connectivity index (χ0n) is 5.61. The zero-order chi connectivity index (χ0) is 6.24. The Kier molecular flexibility index (Phi) is 6.92. The third kappa shape index (κ3) is 5.96. The van der Waals surface area contributed by atoms with Gasteiger partial charge in [-0.15, -0.1) is 12.3 Å². The van der Waals surface area contributed by atoms with E-state index in [-0.39, 0.29) is 0 Å². The van der Waals surface area contributed by atoms with Gasteiger partial charge in [-0.1, -0.05) is 32.2 Å². The van der Waals surface area contributed by atoms with Gasteiger partial charge in [0.25, 0.3) is 0 Å². The molecule has 2 radical (unpaired) electrons. The van der Waals surface area contributed by atoms with Gasteiger partial charge in [0.15, 0.2) is 0 Å². The van der Waals surface area contributed by atoms with Crippen LogP contribution in [0, 0.1) is 0 Å². The molecule has 0 heterocycles. The van der Waals surface area contributed by atoms with Gasteiger partial charge in [0.2, 0.25) is 0 Å². The lowest BCUT2D eigenvalue weighted by Crippen LogP contribution is -1.81. The van der Waals surface area contributed by atoms with Crippen molar-refractivity contribution in [3.63, 3.8) is 0 Å². The van der Waals surface area contributed by atoms with Gasteiger partial charge in [0, 0.05) is 0 Å². The van der Waals surface area contributed by atoms with Crippen LogP contribution in [0.3, 0.4) is 0 Å². The molecule has 46 valence electrons. The first-order valence-corrected chi connectivity index (χ1v) is 4.54. The Labute approximate surface area is 54.8 Å². The number of hydrogen-bond donors (Lipinski definition) is 0. The third-order valence-electron chi connectivity index (χ3n) is 1.07. The van der Waals surface area contributed by atoms with E-state index in [9.17, 15) is 0 Å². The highest BCUT2D eigenvalue weighted by Crippen LogP contribution is 1.97. The molecule has 0 aromatic heterocycles.